The summed E-state index contributed by atoms with van der Waals surface area (Å²) in [6, 6.07) is 17.7. The fourth-order valence-corrected chi connectivity index (χ4v) is 3.92. The molecular formula is C24H28N4O. The van der Waals surface area contributed by atoms with Crippen LogP contribution in [-0.2, 0) is 6.54 Å². The van der Waals surface area contributed by atoms with E-state index >= 15 is 0 Å². The predicted molar refractivity (Wildman–Crippen MR) is 121 cm³/mol. The van der Waals surface area contributed by atoms with Crippen LogP contribution in [0.15, 0.2) is 65.6 Å². The molecule has 0 radical (unpaired) electrons. The van der Waals surface area contributed by atoms with Crippen LogP contribution < -0.4 is 16.1 Å². The lowest BCUT2D eigenvalue weighted by molar-refractivity contribution is 0.459. The lowest BCUT2D eigenvalue weighted by Crippen LogP contribution is -2.28. The summed E-state index contributed by atoms with van der Waals surface area (Å²) in [6.45, 7) is 4.81. The second kappa shape index (κ2) is 8.97. The number of hydrogen-bond acceptors (Lipinski definition) is 3. The number of rotatable bonds is 9. The Balaban J connectivity index is 1.36. The third-order valence-corrected chi connectivity index (χ3v) is 5.44. The summed E-state index contributed by atoms with van der Waals surface area (Å²) in [5.41, 5.74) is 3.39. The number of benzene rings is 2. The van der Waals surface area contributed by atoms with E-state index in [0.29, 0.717) is 5.92 Å². The Bertz CT molecular complexity index is 1140. The molecule has 0 saturated carbocycles. The second-order valence-electron chi connectivity index (χ2n) is 7.62. The fraction of sp³-hybridized carbons (Fsp3) is 0.292. The van der Waals surface area contributed by atoms with Crippen LogP contribution in [0.5, 0.6) is 0 Å². The van der Waals surface area contributed by atoms with Crippen molar-refractivity contribution in [2.24, 2.45) is 5.92 Å². The van der Waals surface area contributed by atoms with Gasteiger partial charge in [-0.2, -0.15) is 0 Å². The number of aromatic nitrogens is 2. The van der Waals surface area contributed by atoms with Gasteiger partial charge in [-0.05, 0) is 42.6 Å². The molecule has 4 N–H and O–H groups in total. The van der Waals surface area contributed by atoms with Crippen molar-refractivity contribution in [2.75, 3.05) is 18.4 Å². The zero-order chi connectivity index (χ0) is 20.1. The number of aromatic amines is 2. The molecular weight excluding hydrogens is 360 g/mol. The molecule has 0 bridgehead atoms. The number of para-hydroxylation sites is 2. The van der Waals surface area contributed by atoms with Crippen LogP contribution in [0.4, 0.5) is 5.82 Å². The lowest BCUT2D eigenvalue weighted by atomic mass is 10.0. The van der Waals surface area contributed by atoms with Crippen LogP contribution in [0, 0.1) is 5.92 Å². The number of pyridine rings is 1. The molecule has 0 aliphatic carbocycles. The van der Waals surface area contributed by atoms with Gasteiger partial charge in [-0.15, -0.1) is 0 Å². The maximum absolute atomic E-state index is 12.3. The van der Waals surface area contributed by atoms with E-state index in [1.54, 1.807) is 6.07 Å². The summed E-state index contributed by atoms with van der Waals surface area (Å²) in [7, 11) is 0. The summed E-state index contributed by atoms with van der Waals surface area (Å²) in [4.78, 5) is 19.0. The molecule has 0 amide bonds. The fourth-order valence-electron chi connectivity index (χ4n) is 3.92. The van der Waals surface area contributed by atoms with Crippen LogP contribution in [0.1, 0.15) is 25.3 Å². The van der Waals surface area contributed by atoms with Crippen molar-refractivity contribution in [1.29, 1.82) is 0 Å². The van der Waals surface area contributed by atoms with Gasteiger partial charge in [0.15, 0.2) is 5.43 Å². The average Bonchev–Trinajstić information content (AvgIpc) is 3.15. The predicted octanol–water partition coefficient (Wildman–Crippen LogP) is 4.63. The molecule has 0 spiro atoms. The van der Waals surface area contributed by atoms with Crippen molar-refractivity contribution in [1.82, 2.24) is 15.3 Å². The van der Waals surface area contributed by atoms with Crippen molar-refractivity contribution < 1.29 is 0 Å². The highest BCUT2D eigenvalue weighted by Crippen LogP contribution is 2.18. The quantitative estimate of drug-likeness (QED) is 0.338. The lowest BCUT2D eigenvalue weighted by Gasteiger charge is -2.18. The summed E-state index contributed by atoms with van der Waals surface area (Å²) in [5, 5.41) is 9.05. The molecule has 0 aliphatic rings. The third-order valence-electron chi connectivity index (χ3n) is 5.44. The largest absolute Gasteiger partial charge is 0.371 e. The van der Waals surface area contributed by atoms with Crippen LogP contribution in [0.3, 0.4) is 0 Å². The van der Waals surface area contributed by atoms with Crippen molar-refractivity contribution in [2.45, 2.75) is 26.3 Å². The van der Waals surface area contributed by atoms with Gasteiger partial charge in [-0.3, -0.25) is 4.79 Å². The van der Waals surface area contributed by atoms with E-state index in [1.807, 2.05) is 24.3 Å². The van der Waals surface area contributed by atoms with Gasteiger partial charge in [0.2, 0.25) is 0 Å². The zero-order valence-corrected chi connectivity index (χ0v) is 16.8. The number of fused-ring (bicyclic) bond motifs is 2. The topological polar surface area (TPSA) is 72.7 Å². The van der Waals surface area contributed by atoms with Crippen LogP contribution in [-0.4, -0.2) is 23.1 Å². The first-order valence-corrected chi connectivity index (χ1v) is 10.4. The van der Waals surface area contributed by atoms with E-state index in [1.165, 1.54) is 16.5 Å². The number of H-pyrrole nitrogens is 2. The highest BCUT2D eigenvalue weighted by Gasteiger charge is 2.10. The van der Waals surface area contributed by atoms with E-state index in [0.717, 1.165) is 49.2 Å². The van der Waals surface area contributed by atoms with E-state index < -0.39 is 0 Å². The molecule has 1 unspecified atom stereocenters. The Morgan fingerprint density at radius 2 is 1.72 bits per heavy atom. The normalized spacial score (nSPS) is 12.4. The second-order valence-corrected chi connectivity index (χ2v) is 7.62. The first-order chi connectivity index (χ1) is 14.2. The van der Waals surface area contributed by atoms with Gasteiger partial charge < -0.3 is 20.6 Å². The Morgan fingerprint density at radius 1 is 0.966 bits per heavy atom. The van der Waals surface area contributed by atoms with E-state index in [9.17, 15) is 4.79 Å². The Labute approximate surface area is 170 Å². The first kappa shape index (κ1) is 19.3. The molecule has 0 aliphatic heterocycles. The van der Waals surface area contributed by atoms with Gasteiger partial charge in [0.1, 0.15) is 5.82 Å². The number of anilines is 1. The van der Waals surface area contributed by atoms with Gasteiger partial charge in [0.05, 0.1) is 5.52 Å². The maximum atomic E-state index is 12.3. The molecule has 0 fully saturated rings. The molecule has 2 aromatic carbocycles. The molecule has 29 heavy (non-hydrogen) atoms. The van der Waals surface area contributed by atoms with Crippen LogP contribution in [0.25, 0.3) is 21.8 Å². The van der Waals surface area contributed by atoms with Crippen molar-refractivity contribution in [3.63, 3.8) is 0 Å². The van der Waals surface area contributed by atoms with Crippen LogP contribution >= 0.6 is 0 Å². The zero-order valence-electron chi connectivity index (χ0n) is 16.8. The molecule has 0 saturated heterocycles. The average molecular weight is 389 g/mol. The summed E-state index contributed by atoms with van der Waals surface area (Å²) < 4.78 is 0. The minimum absolute atomic E-state index is 0.0475. The first-order valence-electron chi connectivity index (χ1n) is 10.4. The van der Waals surface area contributed by atoms with Crippen molar-refractivity contribution in [3.8, 4) is 0 Å². The van der Waals surface area contributed by atoms with Crippen LogP contribution in [0.2, 0.25) is 0 Å². The third kappa shape index (κ3) is 4.51. The van der Waals surface area contributed by atoms with Crippen molar-refractivity contribution >= 4 is 27.6 Å². The molecule has 2 heterocycles. The molecule has 1 atom stereocenters. The molecule has 4 rings (SSSR count). The highest BCUT2D eigenvalue weighted by atomic mass is 16.1. The minimum Gasteiger partial charge on any atom is -0.371 e. The molecule has 5 heteroatoms. The molecule has 2 aromatic heterocycles. The van der Waals surface area contributed by atoms with E-state index in [4.69, 9.17) is 0 Å². The monoisotopic (exact) mass is 388 g/mol. The smallest absolute Gasteiger partial charge is 0.191 e. The summed E-state index contributed by atoms with van der Waals surface area (Å²) in [5.74, 6) is 1.27. The SMILES string of the molecule is CCCC(CNCc1c[nH]c2ccccc12)CNc1cc(=O)c2ccccc2[nH]1. The van der Waals surface area contributed by atoms with Gasteiger partial charge in [0, 0.05) is 41.6 Å². The Morgan fingerprint density at radius 3 is 2.55 bits per heavy atom. The highest BCUT2D eigenvalue weighted by molar-refractivity contribution is 5.83. The summed E-state index contributed by atoms with van der Waals surface area (Å²) >= 11 is 0. The van der Waals surface area contributed by atoms with Gasteiger partial charge >= 0.3 is 0 Å². The molecule has 4 aromatic rings. The molecule has 150 valence electrons. The maximum Gasteiger partial charge on any atom is 0.191 e. The van der Waals surface area contributed by atoms with Gasteiger partial charge in [0.25, 0.3) is 0 Å². The molecule has 5 nitrogen and oxygen atoms in total. The van der Waals surface area contributed by atoms with Gasteiger partial charge in [-0.1, -0.05) is 43.7 Å². The number of hydrogen-bond donors (Lipinski definition) is 4. The number of nitrogens with one attached hydrogen (secondary N) is 4. The van der Waals surface area contributed by atoms with E-state index in [2.05, 4.69) is 58.0 Å². The van der Waals surface area contributed by atoms with Crippen molar-refractivity contribution in [3.05, 3.63) is 76.6 Å². The van der Waals surface area contributed by atoms with Gasteiger partial charge in [-0.25, -0.2) is 0 Å². The minimum atomic E-state index is 0.0475. The van der Waals surface area contributed by atoms with E-state index in [-0.39, 0.29) is 5.43 Å². The Hall–Kier alpha value is -3.05. The summed E-state index contributed by atoms with van der Waals surface area (Å²) in [6.07, 6.45) is 4.35. The Kier molecular flexibility index (Phi) is 5.96. The standard InChI is InChI=1S/C24H28N4O/c1-2-7-17(13-25-15-18-16-26-21-10-5-3-8-19(18)21)14-27-24-12-23(29)20-9-4-6-11-22(20)28-24/h3-6,8-12,16-17,25-26H,2,7,13-15H2,1H3,(H2,27,28,29).